The van der Waals surface area contributed by atoms with Crippen LogP contribution in [0, 0.1) is 5.92 Å². The first kappa shape index (κ1) is 20.8. The van der Waals surface area contributed by atoms with E-state index in [-0.39, 0.29) is 36.3 Å². The van der Waals surface area contributed by atoms with E-state index in [2.05, 4.69) is 5.32 Å². The molecule has 1 aliphatic carbocycles. The van der Waals surface area contributed by atoms with Crippen molar-refractivity contribution in [2.45, 2.75) is 38.1 Å². The van der Waals surface area contributed by atoms with Gasteiger partial charge < -0.3 is 19.9 Å². The molecule has 7 nitrogen and oxygen atoms in total. The minimum absolute atomic E-state index is 0.00626. The summed E-state index contributed by atoms with van der Waals surface area (Å²) in [5, 5.41) is 6.92. The van der Waals surface area contributed by atoms with Crippen molar-refractivity contribution >= 4 is 29.1 Å². The van der Waals surface area contributed by atoms with Gasteiger partial charge >= 0.3 is 0 Å². The van der Waals surface area contributed by atoms with Crippen LogP contribution in [0.3, 0.4) is 0 Å². The number of nitrogens with one attached hydrogen (secondary N) is 1. The molecule has 2 heterocycles. The molecule has 28 heavy (non-hydrogen) atoms. The third-order valence-electron chi connectivity index (χ3n) is 5.63. The average Bonchev–Trinajstić information content (AvgIpc) is 3.20. The molecule has 2 atom stereocenters. The van der Waals surface area contributed by atoms with Gasteiger partial charge in [0.1, 0.15) is 6.61 Å². The Bertz CT molecular complexity index is 679. The number of carbonyl (C=O) groups is 3. The minimum Gasteiger partial charge on any atom is -0.375 e. The number of hydrogen-bond acceptors (Lipinski definition) is 5. The Morgan fingerprint density at radius 1 is 1.21 bits per heavy atom. The van der Waals surface area contributed by atoms with E-state index in [1.807, 2.05) is 16.8 Å². The average molecular weight is 408 g/mol. The van der Waals surface area contributed by atoms with Crippen molar-refractivity contribution in [1.82, 2.24) is 15.1 Å². The van der Waals surface area contributed by atoms with Gasteiger partial charge in [0.2, 0.25) is 17.7 Å². The van der Waals surface area contributed by atoms with Crippen molar-refractivity contribution in [3.63, 3.8) is 0 Å². The van der Waals surface area contributed by atoms with Gasteiger partial charge in [0.15, 0.2) is 0 Å². The van der Waals surface area contributed by atoms with Gasteiger partial charge in [0, 0.05) is 39.3 Å². The molecule has 3 rings (SSSR count). The molecule has 0 spiro atoms. The molecule has 1 N–H and O–H groups in total. The van der Waals surface area contributed by atoms with Crippen LogP contribution in [-0.2, 0) is 25.5 Å². The summed E-state index contributed by atoms with van der Waals surface area (Å²) in [4.78, 5) is 41.8. The summed E-state index contributed by atoms with van der Waals surface area (Å²) in [6.45, 7) is 1.80. The van der Waals surface area contributed by atoms with Gasteiger partial charge in [-0.05, 0) is 35.2 Å². The highest BCUT2D eigenvalue weighted by Gasteiger charge is 2.37. The molecule has 1 saturated carbocycles. The SMILES string of the molecule is COCC(=O)N1CCN(C(=O)Cc2ccsc2)CCNC(=O)[C@H]2CCCC[C@H]21. The Labute approximate surface area is 170 Å². The molecule has 154 valence electrons. The number of thiophene rings is 1. The second-order valence-electron chi connectivity index (χ2n) is 7.46. The van der Waals surface area contributed by atoms with E-state index in [0.717, 1.165) is 31.2 Å². The number of nitrogens with zero attached hydrogens (tertiary/aromatic N) is 2. The largest absolute Gasteiger partial charge is 0.375 e. The molecule has 0 bridgehead atoms. The number of ether oxygens (including phenoxy) is 1. The molecule has 1 aromatic rings. The fraction of sp³-hybridized carbons (Fsp3) is 0.650. The van der Waals surface area contributed by atoms with E-state index in [1.54, 1.807) is 21.1 Å². The van der Waals surface area contributed by atoms with Crippen LogP contribution in [0.2, 0.25) is 0 Å². The molecule has 0 unspecified atom stereocenters. The van der Waals surface area contributed by atoms with Crippen LogP contribution in [0.1, 0.15) is 31.2 Å². The van der Waals surface area contributed by atoms with Crippen molar-refractivity contribution in [3.8, 4) is 0 Å². The summed E-state index contributed by atoms with van der Waals surface area (Å²) < 4.78 is 5.06. The highest BCUT2D eigenvalue weighted by atomic mass is 32.1. The highest BCUT2D eigenvalue weighted by molar-refractivity contribution is 7.08. The van der Waals surface area contributed by atoms with E-state index >= 15 is 0 Å². The molecular formula is C20H29N3O4S. The van der Waals surface area contributed by atoms with Crippen LogP contribution in [0.4, 0.5) is 0 Å². The molecule has 2 aliphatic rings. The summed E-state index contributed by atoms with van der Waals surface area (Å²) in [6.07, 6.45) is 3.97. The van der Waals surface area contributed by atoms with Gasteiger partial charge in [-0.25, -0.2) is 0 Å². The summed E-state index contributed by atoms with van der Waals surface area (Å²) in [5.74, 6) is -0.278. The molecule has 0 radical (unpaired) electrons. The zero-order valence-corrected chi connectivity index (χ0v) is 17.2. The topological polar surface area (TPSA) is 79.0 Å². The fourth-order valence-corrected chi connectivity index (χ4v) is 4.86. The van der Waals surface area contributed by atoms with Crippen LogP contribution in [0.15, 0.2) is 16.8 Å². The van der Waals surface area contributed by atoms with Crippen molar-refractivity contribution in [3.05, 3.63) is 22.4 Å². The lowest BCUT2D eigenvalue weighted by atomic mass is 9.82. The van der Waals surface area contributed by atoms with Gasteiger partial charge in [0.25, 0.3) is 0 Å². The van der Waals surface area contributed by atoms with Crippen LogP contribution >= 0.6 is 11.3 Å². The lowest BCUT2D eigenvalue weighted by Crippen LogP contribution is -2.56. The van der Waals surface area contributed by atoms with Gasteiger partial charge in [-0.3, -0.25) is 14.4 Å². The summed E-state index contributed by atoms with van der Waals surface area (Å²) in [7, 11) is 1.50. The van der Waals surface area contributed by atoms with Gasteiger partial charge in [-0.1, -0.05) is 12.8 Å². The predicted octanol–water partition coefficient (Wildman–Crippen LogP) is 1.28. The predicted molar refractivity (Wildman–Crippen MR) is 107 cm³/mol. The van der Waals surface area contributed by atoms with E-state index < -0.39 is 0 Å². The van der Waals surface area contributed by atoms with E-state index in [1.165, 1.54) is 7.11 Å². The summed E-state index contributed by atoms with van der Waals surface area (Å²) >= 11 is 1.57. The Kier molecular flexibility index (Phi) is 7.44. The van der Waals surface area contributed by atoms with E-state index in [4.69, 9.17) is 4.74 Å². The number of hydrogen-bond donors (Lipinski definition) is 1. The van der Waals surface area contributed by atoms with Crippen molar-refractivity contribution < 1.29 is 19.1 Å². The van der Waals surface area contributed by atoms with Gasteiger partial charge in [-0.2, -0.15) is 11.3 Å². The Balaban J connectivity index is 1.76. The van der Waals surface area contributed by atoms with E-state index in [9.17, 15) is 14.4 Å². The summed E-state index contributed by atoms with van der Waals surface area (Å²) in [6, 6.07) is 1.83. The molecule has 0 aromatic carbocycles. The zero-order valence-electron chi connectivity index (χ0n) is 16.4. The van der Waals surface area contributed by atoms with Crippen molar-refractivity contribution in [2.75, 3.05) is 39.9 Å². The Morgan fingerprint density at radius 2 is 2.04 bits per heavy atom. The number of fused-ring (bicyclic) bond motifs is 1. The molecule has 8 heteroatoms. The lowest BCUT2D eigenvalue weighted by molar-refractivity contribution is -0.144. The van der Waals surface area contributed by atoms with Crippen LogP contribution in [-0.4, -0.2) is 73.5 Å². The first-order valence-electron chi connectivity index (χ1n) is 9.95. The first-order valence-corrected chi connectivity index (χ1v) is 10.9. The van der Waals surface area contributed by atoms with Gasteiger partial charge in [-0.15, -0.1) is 0 Å². The maximum absolute atomic E-state index is 12.8. The van der Waals surface area contributed by atoms with Crippen LogP contribution in [0.25, 0.3) is 0 Å². The normalized spacial score (nSPS) is 23.7. The Hall–Kier alpha value is -1.93. The van der Waals surface area contributed by atoms with Crippen LogP contribution < -0.4 is 5.32 Å². The number of rotatable bonds is 4. The van der Waals surface area contributed by atoms with Crippen LogP contribution in [0.5, 0.6) is 0 Å². The monoisotopic (exact) mass is 407 g/mol. The molecule has 1 aliphatic heterocycles. The van der Waals surface area contributed by atoms with Crippen molar-refractivity contribution in [2.24, 2.45) is 5.92 Å². The second-order valence-corrected chi connectivity index (χ2v) is 8.24. The first-order chi connectivity index (χ1) is 13.6. The second kappa shape index (κ2) is 10.0. The molecule has 1 aromatic heterocycles. The molecule has 1 saturated heterocycles. The van der Waals surface area contributed by atoms with E-state index in [0.29, 0.717) is 32.6 Å². The maximum Gasteiger partial charge on any atom is 0.248 e. The molecular weight excluding hydrogens is 378 g/mol. The third kappa shape index (κ3) is 5.11. The maximum atomic E-state index is 12.8. The quantitative estimate of drug-likeness (QED) is 0.816. The smallest absolute Gasteiger partial charge is 0.248 e. The fourth-order valence-electron chi connectivity index (χ4n) is 4.19. The standard InChI is InChI=1S/C20H29N3O4S/c1-27-13-19(25)23-10-9-22(18(24)12-15-6-11-28-14-15)8-7-21-20(26)16-4-2-3-5-17(16)23/h6,11,14,16-17H,2-5,7-10,12-13H2,1H3,(H,21,26)/t16-,17+/m0/s1. The Morgan fingerprint density at radius 3 is 2.79 bits per heavy atom. The molecule has 3 amide bonds. The number of amides is 3. The highest BCUT2D eigenvalue weighted by Crippen LogP contribution is 2.29. The van der Waals surface area contributed by atoms with Crippen molar-refractivity contribution in [1.29, 1.82) is 0 Å². The minimum atomic E-state index is -0.178. The molecule has 2 fully saturated rings. The zero-order chi connectivity index (χ0) is 19.9. The lowest BCUT2D eigenvalue weighted by Gasteiger charge is -2.41. The number of methoxy groups -OCH3 is 1. The summed E-state index contributed by atoms with van der Waals surface area (Å²) in [5.41, 5.74) is 0.996. The van der Waals surface area contributed by atoms with Gasteiger partial charge in [0.05, 0.1) is 12.3 Å². The number of carbonyl (C=O) groups excluding carboxylic acids is 3. The third-order valence-corrected chi connectivity index (χ3v) is 6.37.